The zero-order valence-electron chi connectivity index (χ0n) is 16.3. The highest BCUT2D eigenvalue weighted by Crippen LogP contribution is 2.76. The van der Waals surface area contributed by atoms with Gasteiger partial charge in [0.15, 0.2) is 0 Å². The summed E-state index contributed by atoms with van der Waals surface area (Å²) in [5.41, 5.74) is 2.73. The fraction of sp³-hybridized carbons (Fsp3) is 0.273. The summed E-state index contributed by atoms with van der Waals surface area (Å²) in [6.45, 7) is 0. The number of nitrogens with zero attached hydrogens (tertiary/aromatic N) is 2. The molecule has 0 radical (unpaired) electrons. The number of carbonyl (C=O) groups excluding carboxylic acids is 2. The van der Waals surface area contributed by atoms with Crippen molar-refractivity contribution < 1.29 is 23.7 Å². The summed E-state index contributed by atoms with van der Waals surface area (Å²) in [5.74, 6) is -2.76. The first-order valence-electron chi connectivity index (χ1n) is 9.41. The molecule has 2 aliphatic rings. The van der Waals surface area contributed by atoms with Crippen LogP contribution in [0.15, 0.2) is 65.3 Å². The molecule has 7 nitrogen and oxygen atoms in total. The normalized spacial score (nSPS) is 28.7. The molecular weight excluding hydrogens is 404 g/mol. The number of benzene rings is 2. The van der Waals surface area contributed by atoms with E-state index in [1.54, 1.807) is 0 Å². The Hall–Kier alpha value is -3.13. The fourth-order valence-electron chi connectivity index (χ4n) is 4.90. The summed E-state index contributed by atoms with van der Waals surface area (Å²) in [7, 11) is 2.65. The van der Waals surface area contributed by atoms with Crippen LogP contribution >= 0.6 is 11.8 Å². The van der Waals surface area contributed by atoms with Gasteiger partial charge in [-0.15, -0.1) is 11.8 Å². The van der Waals surface area contributed by atoms with Crippen LogP contribution in [-0.4, -0.2) is 36.5 Å². The lowest BCUT2D eigenvalue weighted by Gasteiger charge is -2.36. The number of aromatic nitrogens is 2. The summed E-state index contributed by atoms with van der Waals surface area (Å²) in [6, 6.07) is 19.0. The molecule has 2 bridgehead atoms. The Morgan fingerprint density at radius 3 is 1.57 bits per heavy atom. The average Bonchev–Trinajstić information content (AvgIpc) is 3.48. The monoisotopic (exact) mass is 422 g/mol. The van der Waals surface area contributed by atoms with Crippen LogP contribution < -0.4 is 0 Å². The molecule has 30 heavy (non-hydrogen) atoms. The highest BCUT2D eigenvalue weighted by molar-refractivity contribution is 8.02. The van der Waals surface area contributed by atoms with Crippen LogP contribution in [0, 0.1) is 11.8 Å². The van der Waals surface area contributed by atoms with Gasteiger partial charge in [0.05, 0.1) is 26.1 Å². The van der Waals surface area contributed by atoms with Crippen molar-refractivity contribution in [2.75, 3.05) is 14.2 Å². The van der Waals surface area contributed by atoms with Crippen molar-refractivity contribution in [3.63, 3.8) is 0 Å². The molecule has 0 saturated carbocycles. The van der Waals surface area contributed by atoms with Crippen molar-refractivity contribution in [1.29, 1.82) is 0 Å². The number of hydrogen-bond donors (Lipinski definition) is 0. The van der Waals surface area contributed by atoms with E-state index in [4.69, 9.17) is 14.1 Å². The maximum absolute atomic E-state index is 13.2. The van der Waals surface area contributed by atoms with Gasteiger partial charge >= 0.3 is 11.9 Å². The van der Waals surface area contributed by atoms with Crippen molar-refractivity contribution in [3.8, 4) is 0 Å². The fourth-order valence-corrected chi connectivity index (χ4v) is 7.09. The van der Waals surface area contributed by atoms with Crippen LogP contribution in [0.3, 0.4) is 0 Å². The Kier molecular flexibility index (Phi) is 4.21. The minimum atomic E-state index is -1.00. The number of hydrogen-bond acceptors (Lipinski definition) is 8. The van der Waals surface area contributed by atoms with Gasteiger partial charge in [-0.3, -0.25) is 9.59 Å². The van der Waals surface area contributed by atoms with Gasteiger partial charge in [0.25, 0.3) is 0 Å². The first-order valence-corrected chi connectivity index (χ1v) is 10.2. The van der Waals surface area contributed by atoms with E-state index in [-0.39, 0.29) is 0 Å². The largest absolute Gasteiger partial charge is 0.469 e. The van der Waals surface area contributed by atoms with E-state index in [0.717, 1.165) is 11.1 Å². The second-order valence-electron chi connectivity index (χ2n) is 7.27. The first-order chi connectivity index (χ1) is 14.6. The van der Waals surface area contributed by atoms with Gasteiger partial charge < -0.3 is 9.47 Å². The van der Waals surface area contributed by atoms with Gasteiger partial charge in [-0.1, -0.05) is 71.0 Å². The Bertz CT molecular complexity index is 1030. The summed E-state index contributed by atoms with van der Waals surface area (Å²) < 4.78 is 13.5. The molecular formula is C22H18N2O5S. The molecule has 0 spiro atoms. The SMILES string of the molecule is COC(=O)[C@@H]1[C@@H](C(=O)OC)[C@@]2(c3ccccc3)S[C@@]1(c1ccccc1)c1nonc12. The molecule has 0 amide bonds. The summed E-state index contributed by atoms with van der Waals surface area (Å²) >= 11 is 1.48. The molecule has 8 heteroatoms. The second kappa shape index (κ2) is 6.70. The predicted molar refractivity (Wildman–Crippen MR) is 107 cm³/mol. The highest BCUT2D eigenvalue weighted by Gasteiger charge is 2.77. The Balaban J connectivity index is 1.89. The predicted octanol–water partition coefficient (Wildman–Crippen LogP) is 2.90. The average molecular weight is 422 g/mol. The van der Waals surface area contributed by atoms with E-state index in [2.05, 4.69) is 10.3 Å². The smallest absolute Gasteiger partial charge is 0.311 e. The number of methoxy groups -OCH3 is 2. The molecule has 2 aliphatic heterocycles. The zero-order chi connectivity index (χ0) is 20.9. The maximum atomic E-state index is 13.2. The van der Waals surface area contributed by atoms with Gasteiger partial charge in [-0.25, -0.2) is 4.63 Å². The van der Waals surface area contributed by atoms with E-state index >= 15 is 0 Å². The molecule has 1 aromatic heterocycles. The molecule has 3 heterocycles. The molecule has 4 atom stereocenters. The quantitative estimate of drug-likeness (QED) is 0.593. The zero-order valence-corrected chi connectivity index (χ0v) is 17.1. The van der Waals surface area contributed by atoms with E-state index in [1.165, 1.54) is 26.0 Å². The van der Waals surface area contributed by atoms with Gasteiger partial charge in [0.1, 0.15) is 20.9 Å². The van der Waals surface area contributed by atoms with Crippen molar-refractivity contribution in [3.05, 3.63) is 83.2 Å². The molecule has 3 aromatic rings. The molecule has 2 aromatic carbocycles. The molecule has 1 fully saturated rings. The Labute approximate surface area is 176 Å². The van der Waals surface area contributed by atoms with E-state index in [1.807, 2.05) is 60.7 Å². The summed E-state index contributed by atoms with van der Waals surface area (Å²) in [6.07, 6.45) is 0. The third-order valence-electron chi connectivity index (χ3n) is 6.04. The van der Waals surface area contributed by atoms with Gasteiger partial charge in [0, 0.05) is 0 Å². The standard InChI is InChI=1S/C22H18N2O5S/c1-27-19(25)15-16(20(26)28-2)22(14-11-7-4-8-12-14)18-17(23-29-24-18)21(15,30-22)13-9-5-3-6-10-13/h3-12,15-16H,1-2H3/t15-,16-,21+,22+/m0/s1. The third-order valence-corrected chi connectivity index (χ3v) is 8.05. The molecule has 0 unspecified atom stereocenters. The van der Waals surface area contributed by atoms with Gasteiger partial charge in [-0.05, 0) is 11.1 Å². The minimum absolute atomic E-state index is 0.506. The highest BCUT2D eigenvalue weighted by atomic mass is 32.2. The topological polar surface area (TPSA) is 91.5 Å². The van der Waals surface area contributed by atoms with Crippen molar-refractivity contribution in [2.24, 2.45) is 11.8 Å². The third kappa shape index (κ3) is 2.17. The lowest BCUT2D eigenvalue weighted by molar-refractivity contribution is -0.159. The van der Waals surface area contributed by atoms with Gasteiger partial charge in [-0.2, -0.15) is 0 Å². The number of fused-ring (bicyclic) bond motifs is 5. The van der Waals surface area contributed by atoms with Crippen molar-refractivity contribution >= 4 is 23.7 Å². The molecule has 0 aliphatic carbocycles. The van der Waals surface area contributed by atoms with Crippen LogP contribution in [0.5, 0.6) is 0 Å². The lowest BCUT2D eigenvalue weighted by atomic mass is 9.63. The lowest BCUT2D eigenvalue weighted by Crippen LogP contribution is -2.48. The maximum Gasteiger partial charge on any atom is 0.311 e. The number of thioether (sulfide) groups is 1. The molecule has 0 N–H and O–H groups in total. The van der Waals surface area contributed by atoms with Gasteiger partial charge in [0.2, 0.25) is 0 Å². The molecule has 152 valence electrons. The van der Waals surface area contributed by atoms with Crippen molar-refractivity contribution in [2.45, 2.75) is 9.49 Å². The summed E-state index contributed by atoms with van der Waals surface area (Å²) in [5, 5.41) is 8.44. The van der Waals surface area contributed by atoms with Crippen LogP contribution in [0.25, 0.3) is 0 Å². The van der Waals surface area contributed by atoms with E-state index < -0.39 is 33.3 Å². The minimum Gasteiger partial charge on any atom is -0.469 e. The second-order valence-corrected chi connectivity index (χ2v) is 8.76. The first kappa shape index (κ1) is 18.9. The number of carbonyl (C=O) groups is 2. The van der Waals surface area contributed by atoms with Crippen LogP contribution in [0.2, 0.25) is 0 Å². The summed E-state index contributed by atoms with van der Waals surface area (Å²) in [4.78, 5) is 26.4. The number of ether oxygens (including phenoxy) is 2. The van der Waals surface area contributed by atoms with Crippen LogP contribution in [0.4, 0.5) is 0 Å². The molecule has 5 rings (SSSR count). The number of rotatable bonds is 4. The molecule has 1 saturated heterocycles. The van der Waals surface area contributed by atoms with E-state index in [9.17, 15) is 9.59 Å². The Morgan fingerprint density at radius 2 is 1.20 bits per heavy atom. The van der Waals surface area contributed by atoms with Crippen molar-refractivity contribution in [1.82, 2.24) is 10.3 Å². The van der Waals surface area contributed by atoms with Crippen LogP contribution in [0.1, 0.15) is 22.5 Å². The Morgan fingerprint density at radius 1 is 0.800 bits per heavy atom. The van der Waals surface area contributed by atoms with E-state index in [0.29, 0.717) is 11.4 Å². The van der Waals surface area contributed by atoms with Crippen LogP contribution in [-0.2, 0) is 28.6 Å². The number of esters is 2.